The van der Waals surface area contributed by atoms with Crippen molar-refractivity contribution in [2.75, 3.05) is 29.9 Å². The number of anilines is 2. The zero-order chi connectivity index (χ0) is 18.1. The van der Waals surface area contributed by atoms with Gasteiger partial charge in [-0.3, -0.25) is 9.69 Å². The zero-order valence-electron chi connectivity index (χ0n) is 13.8. The fourth-order valence-corrected chi connectivity index (χ4v) is 3.11. The number of amides is 3. The van der Waals surface area contributed by atoms with Crippen LogP contribution in [0.2, 0.25) is 5.02 Å². The molecule has 2 heterocycles. The van der Waals surface area contributed by atoms with Gasteiger partial charge in [-0.25, -0.2) is 4.79 Å². The van der Waals surface area contributed by atoms with Crippen LogP contribution in [0.1, 0.15) is 5.56 Å². The van der Waals surface area contributed by atoms with E-state index in [0.717, 1.165) is 11.3 Å². The highest BCUT2D eigenvalue weighted by Crippen LogP contribution is 2.29. The van der Waals surface area contributed by atoms with E-state index < -0.39 is 0 Å². The Bertz CT molecular complexity index is 909. The fraction of sp³-hybridized carbons (Fsp3) is 0.158. The third kappa shape index (κ3) is 3.23. The van der Waals surface area contributed by atoms with Gasteiger partial charge in [0.2, 0.25) is 0 Å². The van der Waals surface area contributed by atoms with Gasteiger partial charge in [-0.1, -0.05) is 11.6 Å². The highest BCUT2D eigenvalue weighted by Gasteiger charge is 2.21. The molecule has 3 amide bonds. The maximum atomic E-state index is 12.5. The molecule has 26 heavy (non-hydrogen) atoms. The van der Waals surface area contributed by atoms with Crippen molar-refractivity contribution < 1.29 is 14.3 Å². The number of rotatable bonds is 3. The molecule has 6 nitrogen and oxygen atoms in total. The van der Waals surface area contributed by atoms with E-state index in [2.05, 4.69) is 10.6 Å². The van der Waals surface area contributed by atoms with E-state index in [1.54, 1.807) is 53.4 Å². The van der Waals surface area contributed by atoms with Gasteiger partial charge in [-0.15, -0.1) is 0 Å². The molecule has 7 heteroatoms. The van der Waals surface area contributed by atoms with Gasteiger partial charge in [0.05, 0.1) is 5.57 Å². The second-order valence-corrected chi connectivity index (χ2v) is 6.46. The van der Waals surface area contributed by atoms with Crippen molar-refractivity contribution in [3.05, 3.63) is 58.6 Å². The number of urea groups is 1. The van der Waals surface area contributed by atoms with E-state index in [9.17, 15) is 9.59 Å². The predicted octanol–water partition coefficient (Wildman–Crippen LogP) is 3.28. The molecule has 2 aromatic rings. The van der Waals surface area contributed by atoms with E-state index in [4.69, 9.17) is 16.3 Å². The molecule has 2 aliphatic heterocycles. The highest BCUT2D eigenvalue weighted by molar-refractivity contribution is 6.30. The lowest BCUT2D eigenvalue weighted by atomic mass is 10.1. The summed E-state index contributed by atoms with van der Waals surface area (Å²) in [6, 6.07) is 12.4. The van der Waals surface area contributed by atoms with Crippen LogP contribution in [0.3, 0.4) is 0 Å². The van der Waals surface area contributed by atoms with E-state index in [1.807, 2.05) is 0 Å². The van der Waals surface area contributed by atoms with Crippen molar-refractivity contribution in [2.45, 2.75) is 0 Å². The number of benzene rings is 2. The number of ether oxygens (including phenoxy) is 1. The predicted molar refractivity (Wildman–Crippen MR) is 101 cm³/mol. The van der Waals surface area contributed by atoms with Crippen molar-refractivity contribution in [3.63, 3.8) is 0 Å². The topological polar surface area (TPSA) is 70.7 Å². The maximum Gasteiger partial charge on any atom is 0.321 e. The molecule has 4 rings (SSSR count). The lowest BCUT2D eigenvalue weighted by Gasteiger charge is -2.18. The molecule has 0 saturated carbocycles. The molecule has 0 spiro atoms. The van der Waals surface area contributed by atoms with E-state index >= 15 is 0 Å². The lowest BCUT2D eigenvalue weighted by Crippen LogP contribution is -2.27. The Morgan fingerprint density at radius 2 is 2.00 bits per heavy atom. The van der Waals surface area contributed by atoms with E-state index in [0.29, 0.717) is 35.1 Å². The first-order chi connectivity index (χ1) is 12.6. The number of carbonyl (C=O) groups excluding carboxylic acids is 2. The number of halogens is 1. The molecule has 0 atom stereocenters. The van der Waals surface area contributed by atoms with Gasteiger partial charge in [-0.2, -0.15) is 0 Å². The van der Waals surface area contributed by atoms with Gasteiger partial charge in [0.1, 0.15) is 12.4 Å². The summed E-state index contributed by atoms with van der Waals surface area (Å²) in [5, 5.41) is 6.19. The summed E-state index contributed by atoms with van der Waals surface area (Å²) in [5.41, 5.74) is 2.74. The minimum Gasteiger partial charge on any atom is -0.488 e. The summed E-state index contributed by atoms with van der Waals surface area (Å²) >= 11 is 5.99. The number of nitrogens with zero attached hydrogens (tertiary/aromatic N) is 1. The van der Waals surface area contributed by atoms with Crippen molar-refractivity contribution >= 4 is 41.0 Å². The summed E-state index contributed by atoms with van der Waals surface area (Å²) in [6.45, 7) is 1.47. The van der Waals surface area contributed by atoms with Crippen molar-refractivity contribution in [1.29, 1.82) is 0 Å². The van der Waals surface area contributed by atoms with Crippen LogP contribution in [0.5, 0.6) is 5.75 Å². The average Bonchev–Trinajstić information content (AvgIpc) is 3.07. The van der Waals surface area contributed by atoms with Crippen molar-refractivity contribution in [3.8, 4) is 5.75 Å². The number of carbonyl (C=O) groups is 2. The molecular formula is C19H16ClN3O3. The van der Waals surface area contributed by atoms with Crippen LogP contribution in [0, 0.1) is 0 Å². The smallest absolute Gasteiger partial charge is 0.321 e. The van der Waals surface area contributed by atoms with Gasteiger partial charge in [-0.05, 0) is 48.5 Å². The molecule has 0 bridgehead atoms. The van der Waals surface area contributed by atoms with Gasteiger partial charge in [0.25, 0.3) is 5.91 Å². The molecule has 0 aliphatic carbocycles. The number of nitrogens with one attached hydrogen (secondary N) is 2. The standard InChI is InChI=1S/C19H16ClN3O3/c20-14-1-6-17-12(10-14)9-13(11-26-17)18(24)22-15-2-4-16(5-3-15)23-8-7-21-19(23)25/h1-6,9-10H,7-8,11H2,(H,21,25)(H,22,24). The van der Waals surface area contributed by atoms with Crippen LogP contribution in [0.15, 0.2) is 48.0 Å². The lowest BCUT2D eigenvalue weighted by molar-refractivity contribution is -0.113. The normalized spacial score (nSPS) is 15.7. The monoisotopic (exact) mass is 369 g/mol. The molecule has 1 saturated heterocycles. The Morgan fingerprint density at radius 1 is 1.19 bits per heavy atom. The quantitative estimate of drug-likeness (QED) is 0.872. The van der Waals surface area contributed by atoms with Gasteiger partial charge >= 0.3 is 6.03 Å². The summed E-state index contributed by atoms with van der Waals surface area (Å²) in [4.78, 5) is 25.8. The average molecular weight is 370 g/mol. The number of hydrogen-bond acceptors (Lipinski definition) is 3. The molecule has 0 radical (unpaired) electrons. The first kappa shape index (κ1) is 16.5. The molecule has 0 aromatic heterocycles. The molecule has 2 aliphatic rings. The van der Waals surface area contributed by atoms with Gasteiger partial charge in [0, 0.05) is 35.1 Å². The third-order valence-corrected chi connectivity index (χ3v) is 4.51. The summed E-state index contributed by atoms with van der Waals surface area (Å²) < 4.78 is 5.61. The third-order valence-electron chi connectivity index (χ3n) is 4.27. The largest absolute Gasteiger partial charge is 0.488 e. The fourth-order valence-electron chi connectivity index (χ4n) is 2.93. The van der Waals surface area contributed by atoms with E-state index in [-0.39, 0.29) is 18.5 Å². The Morgan fingerprint density at radius 3 is 2.73 bits per heavy atom. The Labute approximate surface area is 155 Å². The first-order valence-corrected chi connectivity index (χ1v) is 8.58. The molecule has 2 N–H and O–H groups in total. The van der Waals surface area contributed by atoms with Gasteiger partial charge in [0.15, 0.2) is 0 Å². The summed E-state index contributed by atoms with van der Waals surface area (Å²) in [7, 11) is 0. The van der Waals surface area contributed by atoms with Gasteiger partial charge < -0.3 is 15.4 Å². The Kier molecular flexibility index (Phi) is 4.26. The van der Waals surface area contributed by atoms with Crippen molar-refractivity contribution in [2.24, 2.45) is 0 Å². The van der Waals surface area contributed by atoms with Crippen LogP contribution >= 0.6 is 11.6 Å². The zero-order valence-corrected chi connectivity index (χ0v) is 14.5. The summed E-state index contributed by atoms with van der Waals surface area (Å²) in [6.07, 6.45) is 1.78. The number of fused-ring (bicyclic) bond motifs is 1. The molecule has 0 unspecified atom stereocenters. The van der Waals surface area contributed by atoms with Crippen LogP contribution in [-0.4, -0.2) is 31.6 Å². The van der Waals surface area contributed by atoms with Crippen LogP contribution < -0.4 is 20.3 Å². The minimum atomic E-state index is -0.234. The van der Waals surface area contributed by atoms with Crippen molar-refractivity contribution in [1.82, 2.24) is 5.32 Å². The summed E-state index contributed by atoms with van der Waals surface area (Å²) in [5.74, 6) is 0.474. The molecule has 2 aromatic carbocycles. The second-order valence-electron chi connectivity index (χ2n) is 6.02. The molecule has 132 valence electrons. The van der Waals surface area contributed by atoms with E-state index in [1.165, 1.54) is 0 Å². The Hall–Kier alpha value is -2.99. The maximum absolute atomic E-state index is 12.5. The number of hydrogen-bond donors (Lipinski definition) is 2. The van der Waals surface area contributed by atoms with Crippen LogP contribution in [-0.2, 0) is 4.79 Å². The molecule has 1 fully saturated rings. The Balaban J connectivity index is 1.47. The minimum absolute atomic E-state index is 0.108. The van der Waals surface area contributed by atoms with Crippen LogP contribution in [0.4, 0.5) is 16.2 Å². The molecular weight excluding hydrogens is 354 g/mol. The first-order valence-electron chi connectivity index (χ1n) is 8.20. The second kappa shape index (κ2) is 6.72. The van der Waals surface area contributed by atoms with Crippen LogP contribution in [0.25, 0.3) is 6.08 Å². The SMILES string of the molecule is O=C(Nc1ccc(N2CCNC2=O)cc1)C1=Cc2cc(Cl)ccc2OC1. The highest BCUT2D eigenvalue weighted by atomic mass is 35.5.